The number of likely N-dealkylation sites (tertiary alicyclic amines) is 1. The Labute approximate surface area is 118 Å². The molecule has 5 heteroatoms. The van der Waals surface area contributed by atoms with Crippen molar-refractivity contribution in [1.29, 1.82) is 0 Å². The van der Waals surface area contributed by atoms with E-state index in [2.05, 4.69) is 0 Å². The van der Waals surface area contributed by atoms with E-state index < -0.39 is 16.8 Å². The molecule has 2 aliphatic rings. The van der Waals surface area contributed by atoms with Gasteiger partial charge >= 0.3 is 5.97 Å². The van der Waals surface area contributed by atoms with Gasteiger partial charge in [-0.05, 0) is 32.9 Å². The van der Waals surface area contributed by atoms with Crippen molar-refractivity contribution in [2.45, 2.75) is 20.8 Å². The summed E-state index contributed by atoms with van der Waals surface area (Å²) in [4.78, 5) is 38.0. The van der Waals surface area contributed by atoms with Crippen LogP contribution in [0, 0.1) is 10.8 Å². The zero-order valence-electron chi connectivity index (χ0n) is 12.0. The van der Waals surface area contributed by atoms with Gasteiger partial charge in [0.2, 0.25) is 5.91 Å². The van der Waals surface area contributed by atoms with E-state index in [0.717, 1.165) is 0 Å². The number of carbonyl (C=O) groups is 3. The van der Waals surface area contributed by atoms with E-state index in [0.29, 0.717) is 13.1 Å². The van der Waals surface area contributed by atoms with Gasteiger partial charge in [-0.15, -0.1) is 0 Å². The van der Waals surface area contributed by atoms with Crippen LogP contribution in [0.5, 0.6) is 0 Å². The number of ketones is 1. The Morgan fingerprint density at radius 1 is 1.30 bits per heavy atom. The number of allylic oxidation sites excluding steroid dienone is 2. The molecule has 1 fully saturated rings. The number of rotatable bonds is 3. The molecule has 0 aromatic heterocycles. The van der Waals surface area contributed by atoms with Crippen molar-refractivity contribution >= 4 is 17.7 Å². The maximum atomic E-state index is 12.6. The number of hydrogen-bond donors (Lipinski definition) is 0. The lowest BCUT2D eigenvalue weighted by molar-refractivity contribution is -0.163. The zero-order valence-corrected chi connectivity index (χ0v) is 12.0. The molecule has 5 nitrogen and oxygen atoms in total. The Hall–Kier alpha value is -1.91. The van der Waals surface area contributed by atoms with Crippen LogP contribution in [0.3, 0.4) is 0 Å². The molecule has 1 amide bonds. The predicted molar refractivity (Wildman–Crippen MR) is 72.7 cm³/mol. The molecule has 1 aliphatic heterocycles. The minimum atomic E-state index is -1.31. The van der Waals surface area contributed by atoms with Gasteiger partial charge < -0.3 is 9.64 Å². The molecule has 0 unspecified atom stereocenters. The van der Waals surface area contributed by atoms with Gasteiger partial charge in [0.1, 0.15) is 0 Å². The van der Waals surface area contributed by atoms with Gasteiger partial charge in [0, 0.05) is 18.5 Å². The fourth-order valence-corrected chi connectivity index (χ4v) is 2.88. The van der Waals surface area contributed by atoms with Crippen molar-refractivity contribution in [2.24, 2.45) is 10.8 Å². The van der Waals surface area contributed by atoms with Gasteiger partial charge in [0.15, 0.2) is 11.2 Å². The molecule has 1 aliphatic carbocycles. The molecule has 108 valence electrons. The normalized spacial score (nSPS) is 27.4. The number of nitrogens with zero attached hydrogens (tertiary/aromatic N) is 1. The van der Waals surface area contributed by atoms with E-state index in [1.54, 1.807) is 30.9 Å². The summed E-state index contributed by atoms with van der Waals surface area (Å²) in [6.45, 7) is 6.30. The minimum Gasteiger partial charge on any atom is -0.465 e. The van der Waals surface area contributed by atoms with E-state index in [4.69, 9.17) is 4.74 Å². The first-order chi connectivity index (χ1) is 9.41. The maximum absolute atomic E-state index is 12.6. The van der Waals surface area contributed by atoms with E-state index in [9.17, 15) is 14.4 Å². The average Bonchev–Trinajstić information content (AvgIpc) is 2.65. The topological polar surface area (TPSA) is 63.7 Å². The smallest absolute Gasteiger partial charge is 0.322 e. The summed E-state index contributed by atoms with van der Waals surface area (Å²) in [6, 6.07) is 0. The lowest BCUT2D eigenvalue weighted by atomic mass is 9.64. The molecular formula is C15H19NO4. The third kappa shape index (κ3) is 1.80. The molecule has 2 rings (SSSR count). The highest BCUT2D eigenvalue weighted by molar-refractivity contribution is 6.08. The third-order valence-corrected chi connectivity index (χ3v) is 4.25. The van der Waals surface area contributed by atoms with Crippen LogP contribution in [0.4, 0.5) is 0 Å². The van der Waals surface area contributed by atoms with Crippen molar-refractivity contribution in [3.63, 3.8) is 0 Å². The fourth-order valence-electron chi connectivity index (χ4n) is 2.88. The van der Waals surface area contributed by atoms with Gasteiger partial charge in [0.05, 0.1) is 6.61 Å². The van der Waals surface area contributed by atoms with Crippen LogP contribution in [-0.4, -0.2) is 42.3 Å². The molecule has 0 aromatic carbocycles. The highest BCUT2D eigenvalue weighted by Crippen LogP contribution is 2.51. The van der Waals surface area contributed by atoms with Crippen LogP contribution in [-0.2, 0) is 19.1 Å². The summed E-state index contributed by atoms with van der Waals surface area (Å²) in [7, 11) is 0. The number of esters is 1. The molecule has 0 radical (unpaired) electrons. The van der Waals surface area contributed by atoms with Crippen molar-refractivity contribution in [3.8, 4) is 0 Å². The van der Waals surface area contributed by atoms with E-state index in [1.165, 1.54) is 12.2 Å². The van der Waals surface area contributed by atoms with Crippen molar-refractivity contribution in [1.82, 2.24) is 4.90 Å². The summed E-state index contributed by atoms with van der Waals surface area (Å²) >= 11 is 0. The maximum Gasteiger partial charge on any atom is 0.322 e. The van der Waals surface area contributed by atoms with E-state index >= 15 is 0 Å². The standard InChI is InChI=1S/C15H19NO4/c1-4-16-10-15(8-6-11(17)7-9-15)14(3,12(16)18)13(19)20-5-2/h6-9H,4-5,10H2,1-3H3/t14-/m1/s1. The first-order valence-corrected chi connectivity index (χ1v) is 6.80. The second-order valence-corrected chi connectivity index (χ2v) is 5.27. The number of amides is 1. The lowest BCUT2D eigenvalue weighted by Crippen LogP contribution is -2.47. The van der Waals surface area contributed by atoms with Crippen molar-refractivity contribution in [3.05, 3.63) is 24.3 Å². The summed E-state index contributed by atoms with van der Waals surface area (Å²) < 4.78 is 5.11. The molecule has 0 saturated carbocycles. The summed E-state index contributed by atoms with van der Waals surface area (Å²) in [5.41, 5.74) is -2.12. The van der Waals surface area contributed by atoms with E-state index in [1.807, 2.05) is 6.92 Å². The molecule has 1 spiro atoms. The molecule has 1 saturated heterocycles. The molecule has 1 heterocycles. The number of carbonyl (C=O) groups excluding carboxylic acids is 3. The molecule has 20 heavy (non-hydrogen) atoms. The van der Waals surface area contributed by atoms with Crippen LogP contribution in [0.2, 0.25) is 0 Å². The summed E-state index contributed by atoms with van der Waals surface area (Å²) in [5, 5.41) is 0. The van der Waals surface area contributed by atoms with Crippen LogP contribution < -0.4 is 0 Å². The lowest BCUT2D eigenvalue weighted by Gasteiger charge is -2.35. The first-order valence-electron chi connectivity index (χ1n) is 6.80. The van der Waals surface area contributed by atoms with Crippen LogP contribution >= 0.6 is 0 Å². The SMILES string of the molecule is CCOC(=O)[C@@]1(C)C(=O)N(CC)CC12C=CC(=O)C=C2. The Balaban J connectivity index is 2.51. The van der Waals surface area contributed by atoms with Gasteiger partial charge in [-0.25, -0.2) is 0 Å². The molecule has 0 bridgehead atoms. The Bertz CT molecular complexity index is 504. The van der Waals surface area contributed by atoms with Gasteiger partial charge in [0.25, 0.3) is 0 Å². The first kappa shape index (κ1) is 14.5. The molecular weight excluding hydrogens is 258 g/mol. The van der Waals surface area contributed by atoms with Gasteiger partial charge in [-0.2, -0.15) is 0 Å². The Kier molecular flexibility index (Phi) is 3.54. The monoisotopic (exact) mass is 277 g/mol. The van der Waals surface area contributed by atoms with Crippen LogP contribution in [0.15, 0.2) is 24.3 Å². The van der Waals surface area contributed by atoms with Gasteiger partial charge in [-0.1, -0.05) is 12.2 Å². The highest BCUT2D eigenvalue weighted by atomic mass is 16.5. The zero-order chi connectivity index (χ0) is 15.0. The summed E-state index contributed by atoms with van der Waals surface area (Å²) in [5.74, 6) is -0.920. The predicted octanol–water partition coefficient (Wildman–Crippen LogP) is 1.10. The molecule has 1 atom stereocenters. The third-order valence-electron chi connectivity index (χ3n) is 4.25. The largest absolute Gasteiger partial charge is 0.465 e. The minimum absolute atomic E-state index is 0.135. The van der Waals surface area contributed by atoms with E-state index in [-0.39, 0.29) is 18.3 Å². The number of ether oxygens (including phenoxy) is 1. The van der Waals surface area contributed by atoms with Crippen molar-refractivity contribution in [2.75, 3.05) is 19.7 Å². The van der Waals surface area contributed by atoms with Crippen molar-refractivity contribution < 1.29 is 19.1 Å². The van der Waals surface area contributed by atoms with Crippen LogP contribution in [0.1, 0.15) is 20.8 Å². The Morgan fingerprint density at radius 2 is 1.90 bits per heavy atom. The average molecular weight is 277 g/mol. The second-order valence-electron chi connectivity index (χ2n) is 5.27. The molecule has 0 aromatic rings. The molecule has 0 N–H and O–H groups in total. The van der Waals surface area contributed by atoms with Gasteiger partial charge in [-0.3, -0.25) is 14.4 Å². The van der Waals surface area contributed by atoms with Crippen LogP contribution in [0.25, 0.3) is 0 Å². The fraction of sp³-hybridized carbons (Fsp3) is 0.533. The summed E-state index contributed by atoms with van der Waals surface area (Å²) in [6.07, 6.45) is 6.17. The number of hydrogen-bond acceptors (Lipinski definition) is 4. The second kappa shape index (κ2) is 4.89. The quantitative estimate of drug-likeness (QED) is 0.572. The Morgan fingerprint density at radius 3 is 2.40 bits per heavy atom. The highest BCUT2D eigenvalue weighted by Gasteiger charge is 2.64.